The van der Waals surface area contributed by atoms with Gasteiger partial charge in [-0.25, -0.2) is 0 Å². The molecule has 1 N–H and O–H groups in total. The van der Waals surface area contributed by atoms with Gasteiger partial charge in [0.15, 0.2) is 11.5 Å². The number of fused-ring (bicyclic) bond motifs is 1. The summed E-state index contributed by atoms with van der Waals surface area (Å²) in [4.78, 5) is 18.7. The Hall–Kier alpha value is -2.99. The summed E-state index contributed by atoms with van der Waals surface area (Å²) >= 11 is 0. The molecule has 2 heterocycles. The minimum atomic E-state index is -0.179. The van der Waals surface area contributed by atoms with Crippen LogP contribution in [0.3, 0.4) is 0 Å². The van der Waals surface area contributed by atoms with Crippen molar-refractivity contribution in [1.82, 2.24) is 9.88 Å². The van der Waals surface area contributed by atoms with E-state index in [1.807, 2.05) is 61.3 Å². The molecule has 6 heteroatoms. The van der Waals surface area contributed by atoms with E-state index in [0.29, 0.717) is 31.0 Å². The van der Waals surface area contributed by atoms with Crippen LogP contribution in [0.1, 0.15) is 37.3 Å². The summed E-state index contributed by atoms with van der Waals surface area (Å²) in [6.45, 7) is 5.24. The molecule has 1 amide bonds. The number of methoxy groups -OCH3 is 2. The van der Waals surface area contributed by atoms with Gasteiger partial charge in [0.05, 0.1) is 26.4 Å². The minimum Gasteiger partial charge on any atom is -0.493 e. The molecule has 4 rings (SSSR count). The largest absolute Gasteiger partial charge is 0.493 e. The number of amides is 1. The van der Waals surface area contributed by atoms with Gasteiger partial charge in [0.25, 0.3) is 0 Å². The van der Waals surface area contributed by atoms with Gasteiger partial charge in [0.2, 0.25) is 5.91 Å². The van der Waals surface area contributed by atoms with Gasteiger partial charge >= 0.3 is 0 Å². The molecular formula is C25H30N2O4. The lowest BCUT2D eigenvalue weighted by molar-refractivity contribution is -0.143. The Morgan fingerprint density at radius 3 is 2.52 bits per heavy atom. The topological polar surface area (TPSA) is 63.8 Å². The lowest BCUT2D eigenvalue weighted by atomic mass is 9.86. The Labute approximate surface area is 183 Å². The Bertz CT molecular complexity index is 1050. The first-order valence-corrected chi connectivity index (χ1v) is 10.7. The smallest absolute Gasteiger partial charge is 0.223 e. The number of para-hydroxylation sites is 2. The van der Waals surface area contributed by atoms with Crippen molar-refractivity contribution < 1.29 is 19.0 Å². The van der Waals surface area contributed by atoms with Gasteiger partial charge in [-0.2, -0.15) is 0 Å². The summed E-state index contributed by atoms with van der Waals surface area (Å²) in [5.74, 6) is 1.26. The van der Waals surface area contributed by atoms with Crippen LogP contribution in [-0.2, 0) is 9.53 Å². The molecule has 0 saturated carbocycles. The average Bonchev–Trinajstić information content (AvgIpc) is 3.20. The molecule has 0 radical (unpaired) electrons. The van der Waals surface area contributed by atoms with E-state index < -0.39 is 0 Å². The van der Waals surface area contributed by atoms with Gasteiger partial charge < -0.3 is 24.1 Å². The third-order valence-corrected chi connectivity index (χ3v) is 5.96. The normalized spacial score (nSPS) is 19.9. The molecule has 164 valence electrons. The molecule has 1 aliphatic heterocycles. The highest BCUT2D eigenvalue weighted by Gasteiger charge is 2.31. The zero-order valence-corrected chi connectivity index (χ0v) is 18.6. The predicted molar refractivity (Wildman–Crippen MR) is 121 cm³/mol. The summed E-state index contributed by atoms with van der Waals surface area (Å²) < 4.78 is 17.1. The molecule has 2 aromatic carbocycles. The summed E-state index contributed by atoms with van der Waals surface area (Å²) in [6.07, 6.45) is 2.41. The van der Waals surface area contributed by atoms with Crippen LogP contribution in [0.25, 0.3) is 10.9 Å². The number of benzene rings is 2. The number of nitrogens with one attached hydrogen (secondary N) is 1. The van der Waals surface area contributed by atoms with Crippen molar-refractivity contribution >= 4 is 16.8 Å². The van der Waals surface area contributed by atoms with E-state index in [-0.39, 0.29) is 24.0 Å². The SMILES string of the molecule is COc1cccc([C@H](CC(=O)N2C[C@@H](C)O[C@@H](C)C2)c2c[nH]c3ccccc23)c1OC. The standard InChI is InChI=1S/C25H30N2O4/c1-16-14-27(15-17(2)31-16)24(28)12-20(19-9-7-11-23(29-3)25(19)30-4)21-13-26-22-10-6-5-8-18(21)22/h5-11,13,16-17,20,26H,12,14-15H2,1-4H3/t16-,17+,20-/m0/s1. The van der Waals surface area contributed by atoms with Gasteiger partial charge in [-0.3, -0.25) is 4.79 Å². The van der Waals surface area contributed by atoms with Crippen LogP contribution >= 0.6 is 0 Å². The number of hydrogen-bond donors (Lipinski definition) is 1. The van der Waals surface area contributed by atoms with Crippen molar-refractivity contribution in [2.75, 3.05) is 27.3 Å². The van der Waals surface area contributed by atoms with Crippen LogP contribution in [0.4, 0.5) is 0 Å². The maximum atomic E-state index is 13.4. The second-order valence-corrected chi connectivity index (χ2v) is 8.19. The van der Waals surface area contributed by atoms with E-state index >= 15 is 0 Å². The fraction of sp³-hybridized carbons (Fsp3) is 0.400. The highest BCUT2D eigenvalue weighted by Crippen LogP contribution is 2.42. The summed E-state index contributed by atoms with van der Waals surface area (Å²) in [7, 11) is 3.27. The van der Waals surface area contributed by atoms with E-state index in [4.69, 9.17) is 14.2 Å². The molecule has 1 aliphatic rings. The minimum absolute atomic E-state index is 0.0330. The fourth-order valence-corrected chi connectivity index (χ4v) is 4.64. The van der Waals surface area contributed by atoms with E-state index in [0.717, 1.165) is 22.0 Å². The van der Waals surface area contributed by atoms with Crippen LogP contribution in [-0.4, -0.2) is 55.3 Å². The van der Waals surface area contributed by atoms with Crippen molar-refractivity contribution in [2.24, 2.45) is 0 Å². The fourth-order valence-electron chi connectivity index (χ4n) is 4.64. The molecule has 1 aromatic heterocycles. The van der Waals surface area contributed by atoms with E-state index in [9.17, 15) is 4.79 Å². The number of H-pyrrole nitrogens is 1. The van der Waals surface area contributed by atoms with Crippen molar-refractivity contribution in [3.05, 3.63) is 59.8 Å². The Morgan fingerprint density at radius 2 is 1.81 bits per heavy atom. The van der Waals surface area contributed by atoms with Crippen LogP contribution in [0.5, 0.6) is 11.5 Å². The number of carbonyl (C=O) groups excluding carboxylic acids is 1. The summed E-state index contributed by atoms with van der Waals surface area (Å²) in [6, 6.07) is 14.0. The van der Waals surface area contributed by atoms with Gasteiger partial charge in [0, 0.05) is 48.1 Å². The zero-order valence-electron chi connectivity index (χ0n) is 18.6. The zero-order chi connectivity index (χ0) is 22.0. The number of morpholine rings is 1. The monoisotopic (exact) mass is 422 g/mol. The highest BCUT2D eigenvalue weighted by molar-refractivity contribution is 5.86. The molecule has 3 aromatic rings. The first-order valence-electron chi connectivity index (χ1n) is 10.7. The molecule has 0 spiro atoms. The molecule has 1 saturated heterocycles. The summed E-state index contributed by atoms with van der Waals surface area (Å²) in [5.41, 5.74) is 3.06. The molecule has 6 nitrogen and oxygen atoms in total. The third kappa shape index (κ3) is 4.26. The molecule has 31 heavy (non-hydrogen) atoms. The first kappa shape index (κ1) is 21.2. The first-order chi connectivity index (χ1) is 15.0. The summed E-state index contributed by atoms with van der Waals surface area (Å²) in [5, 5.41) is 1.11. The Kier molecular flexibility index (Phi) is 6.18. The van der Waals surface area contributed by atoms with Crippen molar-refractivity contribution in [3.63, 3.8) is 0 Å². The maximum absolute atomic E-state index is 13.4. The third-order valence-electron chi connectivity index (χ3n) is 5.96. The number of nitrogens with zero attached hydrogens (tertiary/aromatic N) is 1. The Balaban J connectivity index is 1.76. The molecule has 0 aliphatic carbocycles. The number of aromatic amines is 1. The van der Waals surface area contributed by atoms with Crippen LogP contribution in [0.15, 0.2) is 48.7 Å². The molecule has 0 bridgehead atoms. The van der Waals surface area contributed by atoms with Crippen molar-refractivity contribution in [2.45, 2.75) is 38.4 Å². The van der Waals surface area contributed by atoms with Crippen LogP contribution in [0.2, 0.25) is 0 Å². The number of hydrogen-bond acceptors (Lipinski definition) is 4. The molecule has 3 atom stereocenters. The molecule has 1 fully saturated rings. The van der Waals surface area contributed by atoms with Gasteiger partial charge in [-0.05, 0) is 31.5 Å². The number of ether oxygens (including phenoxy) is 3. The van der Waals surface area contributed by atoms with Crippen LogP contribution in [0, 0.1) is 0 Å². The lowest BCUT2D eigenvalue weighted by Crippen LogP contribution is -2.48. The second kappa shape index (κ2) is 9.02. The Morgan fingerprint density at radius 1 is 1.06 bits per heavy atom. The maximum Gasteiger partial charge on any atom is 0.223 e. The quantitative estimate of drug-likeness (QED) is 0.642. The van der Waals surface area contributed by atoms with Crippen molar-refractivity contribution in [3.8, 4) is 11.5 Å². The highest BCUT2D eigenvalue weighted by atomic mass is 16.5. The van der Waals surface area contributed by atoms with Gasteiger partial charge in [0.1, 0.15) is 0 Å². The van der Waals surface area contributed by atoms with Crippen LogP contribution < -0.4 is 9.47 Å². The molecular weight excluding hydrogens is 392 g/mol. The van der Waals surface area contributed by atoms with Crippen molar-refractivity contribution in [1.29, 1.82) is 0 Å². The second-order valence-electron chi connectivity index (χ2n) is 8.19. The number of aromatic nitrogens is 1. The van der Waals surface area contributed by atoms with Gasteiger partial charge in [-0.15, -0.1) is 0 Å². The lowest BCUT2D eigenvalue weighted by Gasteiger charge is -2.36. The predicted octanol–water partition coefficient (Wildman–Crippen LogP) is 4.34. The number of carbonyl (C=O) groups is 1. The number of rotatable bonds is 6. The van der Waals surface area contributed by atoms with E-state index in [1.165, 1.54) is 0 Å². The van der Waals surface area contributed by atoms with E-state index in [2.05, 4.69) is 11.1 Å². The molecule has 0 unspecified atom stereocenters. The van der Waals surface area contributed by atoms with E-state index in [1.54, 1.807) is 14.2 Å². The average molecular weight is 423 g/mol. The van der Waals surface area contributed by atoms with Gasteiger partial charge in [-0.1, -0.05) is 30.3 Å².